The number of fused-ring (bicyclic) bond motifs is 4. The number of anilines is 1. The molecule has 0 aliphatic carbocycles. The highest BCUT2D eigenvalue weighted by Gasteiger charge is 2.62. The van der Waals surface area contributed by atoms with E-state index >= 15 is 0 Å². The number of carbonyl (C=O) groups is 2. The third-order valence-electron chi connectivity index (χ3n) is 5.95. The lowest BCUT2D eigenvalue weighted by atomic mass is 9.68. The summed E-state index contributed by atoms with van der Waals surface area (Å²) in [6.07, 6.45) is 0. The molecule has 1 atom stereocenters. The van der Waals surface area contributed by atoms with Crippen LogP contribution < -0.4 is 20.9 Å². The van der Waals surface area contributed by atoms with Crippen LogP contribution in [-0.4, -0.2) is 30.1 Å². The quantitative estimate of drug-likeness (QED) is 0.754. The molecule has 1 aromatic heterocycles. The largest absolute Gasteiger partial charge is 0.465 e. The predicted molar refractivity (Wildman–Crippen MR) is 115 cm³/mol. The number of ether oxygens (including phenoxy) is 2. The first-order valence-corrected chi connectivity index (χ1v) is 10.0. The second-order valence-corrected chi connectivity index (χ2v) is 8.30. The Kier molecular flexibility index (Phi) is 4.68. The Morgan fingerprint density at radius 1 is 1.26 bits per heavy atom. The van der Waals surface area contributed by atoms with Gasteiger partial charge in [0.2, 0.25) is 11.8 Å². The first kappa shape index (κ1) is 20.7. The molecular formula is C23H25N3O5. The van der Waals surface area contributed by atoms with Crippen molar-refractivity contribution in [3.8, 4) is 5.75 Å². The second-order valence-electron chi connectivity index (χ2n) is 8.30. The van der Waals surface area contributed by atoms with Crippen LogP contribution in [0.3, 0.4) is 0 Å². The Labute approximate surface area is 179 Å². The summed E-state index contributed by atoms with van der Waals surface area (Å²) in [6, 6.07) is 8.80. The van der Waals surface area contributed by atoms with Crippen molar-refractivity contribution in [2.45, 2.75) is 26.2 Å². The highest BCUT2D eigenvalue weighted by atomic mass is 16.5. The normalized spacial score (nSPS) is 19.5. The van der Waals surface area contributed by atoms with Gasteiger partial charge >= 0.3 is 5.97 Å². The van der Waals surface area contributed by atoms with Gasteiger partial charge in [0.25, 0.3) is 5.56 Å². The number of aromatic nitrogens is 1. The van der Waals surface area contributed by atoms with Crippen LogP contribution in [0.5, 0.6) is 5.75 Å². The smallest absolute Gasteiger partial charge is 0.340 e. The number of para-hydroxylation sites is 1. The zero-order valence-corrected chi connectivity index (χ0v) is 18.2. The lowest BCUT2D eigenvalue weighted by Gasteiger charge is -2.35. The fraction of sp³-hybridized carbons (Fsp3) is 0.348. The van der Waals surface area contributed by atoms with Gasteiger partial charge in [-0.2, -0.15) is 0 Å². The Morgan fingerprint density at radius 3 is 2.58 bits per heavy atom. The van der Waals surface area contributed by atoms with Gasteiger partial charge in [-0.15, -0.1) is 0 Å². The van der Waals surface area contributed by atoms with E-state index in [-0.39, 0.29) is 28.7 Å². The molecule has 8 heteroatoms. The Bertz CT molecular complexity index is 1210. The predicted octanol–water partition coefficient (Wildman–Crippen LogP) is 1.72. The number of benzene rings is 1. The molecule has 0 fully saturated rings. The van der Waals surface area contributed by atoms with Crippen LogP contribution in [0.2, 0.25) is 0 Å². The molecule has 3 heterocycles. The first-order chi connectivity index (χ1) is 14.7. The van der Waals surface area contributed by atoms with Crippen molar-refractivity contribution in [3.63, 3.8) is 0 Å². The number of esters is 1. The minimum Gasteiger partial charge on any atom is -0.465 e. The van der Waals surface area contributed by atoms with Crippen molar-refractivity contribution in [3.05, 3.63) is 69.0 Å². The average molecular weight is 423 g/mol. The maximum absolute atomic E-state index is 14.2. The number of hydrogen-bond donors (Lipinski definition) is 1. The highest BCUT2D eigenvalue weighted by Crippen LogP contribution is 2.54. The molecule has 2 N–H and O–H groups in total. The summed E-state index contributed by atoms with van der Waals surface area (Å²) >= 11 is 0. The molecule has 2 aliphatic rings. The SMILES string of the molecule is COC(=O)C1=C(N)Oc2cc(C)n(C)c(=O)c2[C@]12C(=O)N(CC(C)C)c1ccccc12. The zero-order valence-electron chi connectivity index (χ0n) is 18.2. The third kappa shape index (κ3) is 2.64. The van der Waals surface area contributed by atoms with Crippen molar-refractivity contribution < 1.29 is 19.1 Å². The van der Waals surface area contributed by atoms with Crippen LogP contribution in [-0.2, 0) is 26.8 Å². The topological polar surface area (TPSA) is 104 Å². The van der Waals surface area contributed by atoms with Crippen molar-refractivity contribution in [2.24, 2.45) is 18.7 Å². The highest BCUT2D eigenvalue weighted by molar-refractivity contribution is 6.18. The minimum atomic E-state index is -1.75. The molecule has 1 amide bonds. The molecule has 2 aromatic rings. The van der Waals surface area contributed by atoms with E-state index in [4.69, 9.17) is 15.2 Å². The van der Waals surface area contributed by atoms with E-state index in [1.165, 1.54) is 11.7 Å². The van der Waals surface area contributed by atoms with E-state index in [1.807, 2.05) is 26.0 Å². The molecule has 0 saturated heterocycles. The van der Waals surface area contributed by atoms with Gasteiger partial charge in [-0.3, -0.25) is 9.59 Å². The molecule has 1 spiro atoms. The van der Waals surface area contributed by atoms with Crippen LogP contribution in [0, 0.1) is 12.8 Å². The first-order valence-electron chi connectivity index (χ1n) is 10.0. The number of nitrogens with two attached hydrogens (primary N) is 1. The fourth-order valence-corrected chi connectivity index (χ4v) is 4.54. The summed E-state index contributed by atoms with van der Waals surface area (Å²) < 4.78 is 12.2. The maximum Gasteiger partial charge on any atom is 0.340 e. The summed E-state index contributed by atoms with van der Waals surface area (Å²) in [5.41, 5.74) is 5.69. The standard InChI is InChI=1S/C23H25N3O5/c1-12(2)11-26-15-9-7-6-8-14(15)23(22(26)29)17-16(10-13(3)25(4)20(17)27)31-19(24)18(23)21(28)30-5/h6-10,12H,11,24H2,1-5H3/t23-/m0/s1. The van der Waals surface area contributed by atoms with Gasteiger partial charge in [-0.25, -0.2) is 4.79 Å². The van der Waals surface area contributed by atoms with Gasteiger partial charge in [-0.05, 0) is 18.9 Å². The van der Waals surface area contributed by atoms with Crippen LogP contribution in [0.25, 0.3) is 0 Å². The number of hydrogen-bond acceptors (Lipinski definition) is 6. The van der Waals surface area contributed by atoms with E-state index in [2.05, 4.69) is 0 Å². The van der Waals surface area contributed by atoms with Crippen molar-refractivity contribution in [1.82, 2.24) is 4.57 Å². The Hall–Kier alpha value is -3.55. The summed E-state index contributed by atoms with van der Waals surface area (Å²) in [5, 5.41) is 0. The Balaban J connectivity index is 2.19. The van der Waals surface area contributed by atoms with E-state index in [0.29, 0.717) is 23.5 Å². The molecular weight excluding hydrogens is 398 g/mol. The van der Waals surface area contributed by atoms with E-state index in [0.717, 1.165) is 0 Å². The van der Waals surface area contributed by atoms with E-state index in [9.17, 15) is 14.4 Å². The summed E-state index contributed by atoms with van der Waals surface area (Å²) in [7, 11) is 2.82. The number of amides is 1. The maximum atomic E-state index is 14.2. The van der Waals surface area contributed by atoms with Gasteiger partial charge < -0.3 is 24.7 Å². The summed E-state index contributed by atoms with van der Waals surface area (Å²) in [6.45, 7) is 6.15. The van der Waals surface area contributed by atoms with Gasteiger partial charge in [-0.1, -0.05) is 32.0 Å². The number of carbonyl (C=O) groups excluding carboxylic acids is 2. The molecule has 8 nitrogen and oxygen atoms in total. The van der Waals surface area contributed by atoms with E-state index < -0.39 is 22.9 Å². The van der Waals surface area contributed by atoms with Crippen LogP contribution >= 0.6 is 0 Å². The number of pyridine rings is 1. The van der Waals surface area contributed by atoms with Gasteiger partial charge in [0.1, 0.15) is 16.7 Å². The van der Waals surface area contributed by atoms with Crippen LogP contribution in [0.1, 0.15) is 30.7 Å². The molecule has 0 radical (unpaired) electrons. The Morgan fingerprint density at radius 2 is 1.94 bits per heavy atom. The number of aryl methyl sites for hydroxylation is 1. The third-order valence-corrected chi connectivity index (χ3v) is 5.95. The van der Waals surface area contributed by atoms with Gasteiger partial charge in [0.15, 0.2) is 0 Å². The van der Waals surface area contributed by atoms with Crippen LogP contribution in [0.4, 0.5) is 5.69 Å². The summed E-state index contributed by atoms with van der Waals surface area (Å²) in [5.74, 6) is -1.17. The van der Waals surface area contributed by atoms with Crippen molar-refractivity contribution in [1.29, 1.82) is 0 Å². The fourth-order valence-electron chi connectivity index (χ4n) is 4.54. The number of methoxy groups -OCH3 is 1. The lowest BCUT2D eigenvalue weighted by molar-refractivity contribution is -0.138. The van der Waals surface area contributed by atoms with Gasteiger partial charge in [0, 0.05) is 36.6 Å². The molecule has 31 heavy (non-hydrogen) atoms. The molecule has 0 unspecified atom stereocenters. The summed E-state index contributed by atoms with van der Waals surface area (Å²) in [4.78, 5) is 42.3. The average Bonchev–Trinajstić information content (AvgIpc) is 2.95. The minimum absolute atomic E-state index is 0.0684. The second kappa shape index (κ2) is 7.01. The van der Waals surface area contributed by atoms with Crippen molar-refractivity contribution in [2.75, 3.05) is 18.6 Å². The monoisotopic (exact) mass is 423 g/mol. The lowest BCUT2D eigenvalue weighted by Crippen LogP contribution is -2.52. The molecule has 0 saturated carbocycles. The van der Waals surface area contributed by atoms with Gasteiger partial charge in [0.05, 0.1) is 12.7 Å². The van der Waals surface area contributed by atoms with Crippen molar-refractivity contribution >= 4 is 17.6 Å². The number of nitrogens with zero attached hydrogens (tertiary/aromatic N) is 2. The molecule has 1 aromatic carbocycles. The van der Waals surface area contributed by atoms with Crippen LogP contribution in [0.15, 0.2) is 46.6 Å². The molecule has 162 valence electrons. The number of rotatable bonds is 3. The molecule has 2 aliphatic heterocycles. The zero-order chi connectivity index (χ0) is 22.7. The molecule has 4 rings (SSSR count). The van der Waals surface area contributed by atoms with E-state index in [1.54, 1.807) is 37.1 Å². The molecule has 0 bridgehead atoms.